The Morgan fingerprint density at radius 3 is 2.95 bits per heavy atom. The van der Waals surface area contributed by atoms with Crippen LogP contribution in [0.4, 0.5) is 0 Å². The zero-order chi connectivity index (χ0) is 13.7. The lowest BCUT2D eigenvalue weighted by Crippen LogP contribution is -2.31. The lowest BCUT2D eigenvalue weighted by atomic mass is 10.1. The summed E-state index contributed by atoms with van der Waals surface area (Å²) in [6, 6.07) is 7.29. The van der Waals surface area contributed by atoms with Crippen molar-refractivity contribution in [1.29, 1.82) is 0 Å². The number of fused-ring (bicyclic) bond motifs is 1. The first kappa shape index (κ1) is 13.1. The molecular formula is C13H14N2O4. The first-order valence-corrected chi connectivity index (χ1v) is 5.96. The monoisotopic (exact) mass is 262 g/mol. The Labute approximate surface area is 109 Å². The average molecular weight is 262 g/mol. The fraction of sp³-hybridized carbons (Fsp3) is 0.308. The molecule has 0 aliphatic heterocycles. The van der Waals surface area contributed by atoms with Gasteiger partial charge in [-0.05, 0) is 19.1 Å². The maximum Gasteiger partial charge on any atom is 0.325 e. The molecule has 0 saturated carbocycles. The Bertz CT molecular complexity index is 591. The summed E-state index contributed by atoms with van der Waals surface area (Å²) < 4.78 is 9.80. The largest absolute Gasteiger partial charge is 0.465 e. The van der Waals surface area contributed by atoms with Gasteiger partial charge >= 0.3 is 5.97 Å². The number of esters is 1. The van der Waals surface area contributed by atoms with E-state index in [1.54, 1.807) is 13.0 Å². The Morgan fingerprint density at radius 2 is 2.16 bits per heavy atom. The molecule has 1 aromatic carbocycles. The lowest BCUT2D eigenvalue weighted by Gasteiger charge is -2.03. The van der Waals surface area contributed by atoms with E-state index in [1.807, 2.05) is 18.2 Å². The molecule has 2 rings (SSSR count). The molecule has 0 aliphatic carbocycles. The molecule has 0 fully saturated rings. The van der Waals surface area contributed by atoms with Gasteiger partial charge in [0.1, 0.15) is 12.2 Å². The lowest BCUT2D eigenvalue weighted by molar-refractivity contribution is -0.143. The highest BCUT2D eigenvalue weighted by Crippen LogP contribution is 2.17. The summed E-state index contributed by atoms with van der Waals surface area (Å²) in [6.45, 7) is 1.87. The van der Waals surface area contributed by atoms with Crippen LogP contribution in [0.2, 0.25) is 0 Å². The molecule has 0 saturated heterocycles. The number of amides is 1. The van der Waals surface area contributed by atoms with Gasteiger partial charge in [0.25, 0.3) is 0 Å². The van der Waals surface area contributed by atoms with Crippen molar-refractivity contribution in [3.8, 4) is 0 Å². The van der Waals surface area contributed by atoms with Crippen molar-refractivity contribution in [3.63, 3.8) is 0 Å². The van der Waals surface area contributed by atoms with Crippen LogP contribution in [0.3, 0.4) is 0 Å². The van der Waals surface area contributed by atoms with Gasteiger partial charge in [-0.2, -0.15) is 0 Å². The Morgan fingerprint density at radius 1 is 1.37 bits per heavy atom. The van der Waals surface area contributed by atoms with Crippen molar-refractivity contribution in [2.24, 2.45) is 0 Å². The van der Waals surface area contributed by atoms with Gasteiger partial charge < -0.3 is 14.6 Å². The van der Waals surface area contributed by atoms with Crippen LogP contribution in [0.5, 0.6) is 0 Å². The Balaban J connectivity index is 1.94. The van der Waals surface area contributed by atoms with Crippen molar-refractivity contribution in [1.82, 2.24) is 10.5 Å². The van der Waals surface area contributed by atoms with E-state index in [-0.39, 0.29) is 18.9 Å². The van der Waals surface area contributed by atoms with Crippen LogP contribution in [0.15, 0.2) is 28.8 Å². The van der Waals surface area contributed by atoms with Crippen LogP contribution < -0.4 is 5.32 Å². The maximum atomic E-state index is 11.7. The number of hydrogen-bond acceptors (Lipinski definition) is 5. The predicted molar refractivity (Wildman–Crippen MR) is 67.4 cm³/mol. The molecule has 1 aromatic heterocycles. The number of carbonyl (C=O) groups excluding carboxylic acids is 2. The van der Waals surface area contributed by atoms with Gasteiger partial charge in [0, 0.05) is 5.39 Å². The smallest absolute Gasteiger partial charge is 0.325 e. The quantitative estimate of drug-likeness (QED) is 0.814. The second-order valence-corrected chi connectivity index (χ2v) is 3.88. The Hall–Kier alpha value is -2.37. The van der Waals surface area contributed by atoms with Gasteiger partial charge in [-0.3, -0.25) is 9.59 Å². The molecule has 0 aliphatic rings. The van der Waals surface area contributed by atoms with E-state index >= 15 is 0 Å². The number of para-hydroxylation sites is 1. The number of nitrogens with one attached hydrogen (secondary N) is 1. The fourth-order valence-corrected chi connectivity index (χ4v) is 1.66. The molecule has 2 aromatic rings. The second-order valence-electron chi connectivity index (χ2n) is 3.88. The number of ether oxygens (including phenoxy) is 1. The van der Waals surface area contributed by atoms with Crippen LogP contribution in [-0.2, 0) is 20.7 Å². The van der Waals surface area contributed by atoms with E-state index in [0.717, 1.165) is 5.39 Å². The minimum atomic E-state index is -0.458. The third-order valence-corrected chi connectivity index (χ3v) is 2.52. The van der Waals surface area contributed by atoms with Crippen molar-refractivity contribution < 1.29 is 18.8 Å². The van der Waals surface area contributed by atoms with E-state index in [4.69, 9.17) is 9.26 Å². The van der Waals surface area contributed by atoms with Gasteiger partial charge in [-0.1, -0.05) is 17.3 Å². The van der Waals surface area contributed by atoms with Crippen molar-refractivity contribution in [2.75, 3.05) is 13.2 Å². The number of rotatable bonds is 5. The summed E-state index contributed by atoms with van der Waals surface area (Å²) in [7, 11) is 0. The van der Waals surface area contributed by atoms with E-state index < -0.39 is 5.97 Å². The SMILES string of the molecule is CCOC(=O)CNC(=O)Cc1noc2ccccc12. The molecule has 19 heavy (non-hydrogen) atoms. The molecule has 0 bridgehead atoms. The summed E-state index contributed by atoms with van der Waals surface area (Å²) >= 11 is 0. The summed E-state index contributed by atoms with van der Waals surface area (Å²) in [5, 5.41) is 7.12. The molecule has 0 atom stereocenters. The van der Waals surface area contributed by atoms with Crippen LogP contribution in [0.25, 0.3) is 11.0 Å². The van der Waals surface area contributed by atoms with E-state index in [2.05, 4.69) is 10.5 Å². The van der Waals surface area contributed by atoms with Gasteiger partial charge in [0.2, 0.25) is 5.91 Å². The minimum absolute atomic E-state index is 0.0659. The fourth-order valence-electron chi connectivity index (χ4n) is 1.66. The second kappa shape index (κ2) is 5.99. The van der Waals surface area contributed by atoms with Crippen molar-refractivity contribution >= 4 is 22.8 Å². The molecular weight excluding hydrogens is 248 g/mol. The van der Waals surface area contributed by atoms with Crippen LogP contribution in [0.1, 0.15) is 12.6 Å². The molecule has 1 amide bonds. The average Bonchev–Trinajstić information content (AvgIpc) is 2.80. The molecule has 0 unspecified atom stereocenters. The number of nitrogens with zero attached hydrogens (tertiary/aromatic N) is 1. The molecule has 6 nitrogen and oxygen atoms in total. The third-order valence-electron chi connectivity index (χ3n) is 2.52. The number of aromatic nitrogens is 1. The highest BCUT2D eigenvalue weighted by atomic mass is 16.5. The maximum absolute atomic E-state index is 11.7. The molecule has 0 spiro atoms. The van der Waals surface area contributed by atoms with Gasteiger partial charge in [0.05, 0.1) is 13.0 Å². The number of benzene rings is 1. The first-order chi connectivity index (χ1) is 9.20. The Kier molecular flexibility index (Phi) is 4.12. The summed E-state index contributed by atoms with van der Waals surface area (Å²) in [6.07, 6.45) is 0.0659. The van der Waals surface area contributed by atoms with Gasteiger partial charge in [0.15, 0.2) is 5.58 Å². The predicted octanol–water partition coefficient (Wildman–Crippen LogP) is 1.05. The van der Waals surface area contributed by atoms with E-state index in [1.165, 1.54) is 0 Å². The normalized spacial score (nSPS) is 10.4. The van der Waals surface area contributed by atoms with Crippen LogP contribution in [0, 0.1) is 0 Å². The minimum Gasteiger partial charge on any atom is -0.465 e. The zero-order valence-corrected chi connectivity index (χ0v) is 10.5. The topological polar surface area (TPSA) is 81.4 Å². The zero-order valence-electron chi connectivity index (χ0n) is 10.5. The molecule has 0 radical (unpaired) electrons. The van der Waals surface area contributed by atoms with Crippen molar-refractivity contribution in [3.05, 3.63) is 30.0 Å². The van der Waals surface area contributed by atoms with Crippen LogP contribution in [-0.4, -0.2) is 30.2 Å². The van der Waals surface area contributed by atoms with Crippen LogP contribution >= 0.6 is 0 Å². The van der Waals surface area contributed by atoms with E-state index in [9.17, 15) is 9.59 Å². The molecule has 1 heterocycles. The van der Waals surface area contributed by atoms with Gasteiger partial charge in [-0.15, -0.1) is 0 Å². The van der Waals surface area contributed by atoms with E-state index in [0.29, 0.717) is 17.9 Å². The number of hydrogen-bond donors (Lipinski definition) is 1. The highest BCUT2D eigenvalue weighted by molar-refractivity contribution is 5.87. The third kappa shape index (κ3) is 3.31. The summed E-state index contributed by atoms with van der Waals surface area (Å²) in [4.78, 5) is 22.8. The summed E-state index contributed by atoms with van der Waals surface area (Å²) in [5.41, 5.74) is 1.19. The molecule has 1 N–H and O–H groups in total. The first-order valence-electron chi connectivity index (χ1n) is 5.96. The standard InChI is InChI=1S/C13H14N2O4/c1-2-18-13(17)8-14-12(16)7-10-9-5-3-4-6-11(9)19-15-10/h3-6H,2,7-8H2,1H3,(H,14,16). The van der Waals surface area contributed by atoms with Crippen molar-refractivity contribution in [2.45, 2.75) is 13.3 Å². The van der Waals surface area contributed by atoms with Gasteiger partial charge in [-0.25, -0.2) is 0 Å². The number of carbonyl (C=O) groups is 2. The highest BCUT2D eigenvalue weighted by Gasteiger charge is 2.12. The molecule has 100 valence electrons. The molecule has 6 heteroatoms. The summed E-state index contributed by atoms with van der Waals surface area (Å²) in [5.74, 6) is -0.757.